The average molecular weight is 241 g/mol. The molecule has 0 bridgehead atoms. The average Bonchev–Trinajstić information content (AvgIpc) is 2.28. The van der Waals surface area contributed by atoms with Crippen LogP contribution in [0.25, 0.3) is 6.08 Å². The Morgan fingerprint density at radius 1 is 1.53 bits per heavy atom. The van der Waals surface area contributed by atoms with Crippen LogP contribution >= 0.6 is 23.4 Å². The number of benzene rings is 1. The molecule has 1 heterocycles. The normalized spacial score (nSPS) is 14.1. The van der Waals surface area contributed by atoms with Crippen molar-refractivity contribution in [2.24, 2.45) is 0 Å². The minimum Gasteiger partial charge on any atom is -0.466 e. The van der Waals surface area contributed by atoms with Gasteiger partial charge < -0.3 is 4.74 Å². The van der Waals surface area contributed by atoms with Crippen LogP contribution in [-0.2, 0) is 9.53 Å². The molecule has 0 aromatic heterocycles. The van der Waals surface area contributed by atoms with Crippen molar-refractivity contribution in [2.45, 2.75) is 4.90 Å². The van der Waals surface area contributed by atoms with Gasteiger partial charge in [-0.25, -0.2) is 4.79 Å². The van der Waals surface area contributed by atoms with Crippen LogP contribution < -0.4 is 0 Å². The zero-order valence-corrected chi connectivity index (χ0v) is 9.69. The molecular weight excluding hydrogens is 232 g/mol. The summed E-state index contributed by atoms with van der Waals surface area (Å²) in [6, 6.07) is 5.67. The Labute approximate surface area is 97.3 Å². The number of halogens is 1. The Balaban J connectivity index is 2.42. The van der Waals surface area contributed by atoms with Gasteiger partial charge in [0.1, 0.15) is 0 Å². The van der Waals surface area contributed by atoms with E-state index in [-0.39, 0.29) is 5.97 Å². The summed E-state index contributed by atoms with van der Waals surface area (Å²) >= 11 is 7.60. The molecule has 15 heavy (non-hydrogen) atoms. The van der Waals surface area contributed by atoms with Crippen LogP contribution in [0.15, 0.2) is 28.7 Å². The van der Waals surface area contributed by atoms with E-state index in [2.05, 4.69) is 4.74 Å². The van der Waals surface area contributed by atoms with E-state index in [9.17, 15) is 4.79 Å². The minimum atomic E-state index is -0.270. The summed E-state index contributed by atoms with van der Waals surface area (Å²) in [4.78, 5) is 12.4. The second-order valence-corrected chi connectivity index (χ2v) is 4.50. The summed E-state index contributed by atoms with van der Waals surface area (Å²) in [5.74, 6) is 0.344. The third-order valence-electron chi connectivity index (χ3n) is 2.15. The van der Waals surface area contributed by atoms with Crippen molar-refractivity contribution in [3.8, 4) is 0 Å². The first-order valence-electron chi connectivity index (χ1n) is 4.42. The highest BCUT2D eigenvalue weighted by molar-refractivity contribution is 7.99. The van der Waals surface area contributed by atoms with Crippen LogP contribution in [0.5, 0.6) is 0 Å². The number of rotatable bonds is 1. The summed E-state index contributed by atoms with van der Waals surface area (Å²) in [5, 5.41) is 0.734. The lowest BCUT2D eigenvalue weighted by molar-refractivity contribution is -0.135. The molecule has 0 spiro atoms. The maximum absolute atomic E-state index is 11.3. The summed E-state index contributed by atoms with van der Waals surface area (Å²) in [5.41, 5.74) is 1.66. The van der Waals surface area contributed by atoms with E-state index in [4.69, 9.17) is 11.6 Å². The predicted octanol–water partition coefficient (Wildman–Crippen LogP) is 3.00. The maximum atomic E-state index is 11.3. The molecule has 0 radical (unpaired) electrons. The molecule has 2 nitrogen and oxygen atoms in total. The summed E-state index contributed by atoms with van der Waals surface area (Å²) in [7, 11) is 1.39. The minimum absolute atomic E-state index is 0.270. The molecule has 0 N–H and O–H groups in total. The second kappa shape index (κ2) is 4.29. The molecule has 1 aromatic rings. The van der Waals surface area contributed by atoms with Gasteiger partial charge in [0.2, 0.25) is 0 Å². The zero-order valence-electron chi connectivity index (χ0n) is 8.12. The molecule has 1 aliphatic rings. The number of hydrogen-bond acceptors (Lipinski definition) is 3. The van der Waals surface area contributed by atoms with Crippen LogP contribution in [-0.4, -0.2) is 18.8 Å². The molecule has 78 valence electrons. The van der Waals surface area contributed by atoms with E-state index in [1.54, 1.807) is 11.8 Å². The fourth-order valence-electron chi connectivity index (χ4n) is 1.42. The number of carbonyl (C=O) groups excluding carboxylic acids is 1. The van der Waals surface area contributed by atoms with Gasteiger partial charge in [-0.2, -0.15) is 0 Å². The number of fused-ring (bicyclic) bond motifs is 1. The number of methoxy groups -OCH3 is 1. The first kappa shape index (κ1) is 10.6. The maximum Gasteiger partial charge on any atom is 0.334 e. The van der Waals surface area contributed by atoms with Crippen molar-refractivity contribution in [2.75, 3.05) is 12.9 Å². The van der Waals surface area contributed by atoms with Gasteiger partial charge in [0, 0.05) is 16.2 Å². The van der Waals surface area contributed by atoms with Gasteiger partial charge in [-0.1, -0.05) is 23.7 Å². The molecule has 2 rings (SSSR count). The summed E-state index contributed by atoms with van der Waals surface area (Å²) in [6.45, 7) is 0. The quantitative estimate of drug-likeness (QED) is 0.706. The summed E-state index contributed by atoms with van der Waals surface area (Å²) in [6.07, 6.45) is 1.84. The first-order chi connectivity index (χ1) is 7.22. The topological polar surface area (TPSA) is 26.3 Å². The van der Waals surface area contributed by atoms with E-state index in [1.165, 1.54) is 7.11 Å². The van der Waals surface area contributed by atoms with Crippen molar-refractivity contribution < 1.29 is 9.53 Å². The van der Waals surface area contributed by atoms with Gasteiger partial charge in [-0.3, -0.25) is 0 Å². The van der Waals surface area contributed by atoms with Crippen LogP contribution in [0.2, 0.25) is 5.02 Å². The Hall–Kier alpha value is -0.930. The number of ether oxygens (including phenoxy) is 1. The number of esters is 1. The van der Waals surface area contributed by atoms with E-state index in [0.717, 1.165) is 15.5 Å². The monoisotopic (exact) mass is 240 g/mol. The van der Waals surface area contributed by atoms with Gasteiger partial charge >= 0.3 is 5.97 Å². The molecule has 0 unspecified atom stereocenters. The molecular formula is C11H9ClO2S. The van der Waals surface area contributed by atoms with Gasteiger partial charge in [0.15, 0.2) is 0 Å². The van der Waals surface area contributed by atoms with Crippen molar-refractivity contribution in [1.29, 1.82) is 0 Å². The van der Waals surface area contributed by atoms with Crippen LogP contribution in [0.1, 0.15) is 5.56 Å². The Kier molecular flexibility index (Phi) is 3.03. The zero-order chi connectivity index (χ0) is 10.8. The number of carbonyl (C=O) groups is 1. The lowest BCUT2D eigenvalue weighted by Crippen LogP contribution is -2.09. The Morgan fingerprint density at radius 2 is 2.33 bits per heavy atom. The van der Waals surface area contributed by atoms with E-state index < -0.39 is 0 Å². The lowest BCUT2D eigenvalue weighted by Gasteiger charge is -2.15. The van der Waals surface area contributed by atoms with E-state index >= 15 is 0 Å². The first-order valence-corrected chi connectivity index (χ1v) is 5.79. The third-order valence-corrected chi connectivity index (χ3v) is 3.77. The predicted molar refractivity (Wildman–Crippen MR) is 62.2 cm³/mol. The van der Waals surface area contributed by atoms with Gasteiger partial charge in [-0.15, -0.1) is 11.8 Å². The molecule has 0 saturated heterocycles. The number of thioether (sulfide) groups is 1. The Morgan fingerprint density at radius 3 is 3.07 bits per heavy atom. The van der Waals surface area contributed by atoms with E-state index in [0.29, 0.717) is 11.3 Å². The second-order valence-electron chi connectivity index (χ2n) is 3.11. The van der Waals surface area contributed by atoms with Crippen molar-refractivity contribution in [3.63, 3.8) is 0 Å². The molecule has 0 fully saturated rings. The van der Waals surface area contributed by atoms with Gasteiger partial charge in [0.25, 0.3) is 0 Å². The Bertz CT molecular complexity index is 440. The molecule has 1 aliphatic heterocycles. The standard InChI is InChI=1S/C11H9ClO2S/c1-14-11(13)8-5-7-3-2-4-9(12)10(7)15-6-8/h2-5H,6H2,1H3. The van der Waals surface area contributed by atoms with Crippen molar-refractivity contribution in [1.82, 2.24) is 0 Å². The van der Waals surface area contributed by atoms with Crippen LogP contribution in [0.3, 0.4) is 0 Å². The van der Waals surface area contributed by atoms with E-state index in [1.807, 2.05) is 24.3 Å². The van der Waals surface area contributed by atoms with Crippen molar-refractivity contribution >= 4 is 35.4 Å². The molecule has 0 amide bonds. The molecule has 0 saturated carbocycles. The highest BCUT2D eigenvalue weighted by Gasteiger charge is 2.18. The highest BCUT2D eigenvalue weighted by Crippen LogP contribution is 2.37. The lowest BCUT2D eigenvalue weighted by atomic mass is 10.1. The summed E-state index contributed by atoms with van der Waals surface area (Å²) < 4.78 is 4.68. The fourth-order valence-corrected chi connectivity index (χ4v) is 2.77. The SMILES string of the molecule is COC(=O)C1=Cc2cccc(Cl)c2SC1. The van der Waals surface area contributed by atoms with Crippen molar-refractivity contribution in [3.05, 3.63) is 34.4 Å². The fraction of sp³-hybridized carbons (Fsp3) is 0.182. The molecule has 1 aromatic carbocycles. The largest absolute Gasteiger partial charge is 0.466 e. The van der Waals surface area contributed by atoms with Gasteiger partial charge in [-0.05, 0) is 17.7 Å². The molecule has 4 heteroatoms. The van der Waals surface area contributed by atoms with Crippen LogP contribution in [0, 0.1) is 0 Å². The van der Waals surface area contributed by atoms with Crippen LogP contribution in [0.4, 0.5) is 0 Å². The third kappa shape index (κ3) is 2.03. The number of hydrogen-bond donors (Lipinski definition) is 0. The smallest absolute Gasteiger partial charge is 0.334 e. The molecule has 0 aliphatic carbocycles. The van der Waals surface area contributed by atoms with Gasteiger partial charge in [0.05, 0.1) is 12.1 Å². The highest BCUT2D eigenvalue weighted by atomic mass is 35.5. The molecule has 0 atom stereocenters.